The summed E-state index contributed by atoms with van der Waals surface area (Å²) in [5, 5.41) is 1.77. The number of carbonyl (C=O) groups is 1. The molecule has 3 rings (SSSR count). The second-order valence-electron chi connectivity index (χ2n) is 4.15. The maximum Gasteiger partial charge on any atom is 0.374 e. The van der Waals surface area contributed by atoms with Crippen LogP contribution < -0.4 is 5.56 Å². The highest BCUT2D eigenvalue weighted by molar-refractivity contribution is 7.15. The van der Waals surface area contributed by atoms with Crippen LogP contribution >= 0.6 is 11.3 Å². The fourth-order valence-corrected chi connectivity index (χ4v) is 2.49. The van der Waals surface area contributed by atoms with E-state index in [0.717, 1.165) is 0 Å². The molecule has 0 saturated heterocycles. The molecule has 0 spiro atoms. The Labute approximate surface area is 117 Å². The van der Waals surface area contributed by atoms with E-state index in [1.165, 1.54) is 28.1 Å². The van der Waals surface area contributed by atoms with E-state index in [4.69, 9.17) is 9.15 Å². The molecule has 0 atom stereocenters. The number of furan rings is 1. The lowest BCUT2D eigenvalue weighted by atomic mass is 10.3. The first kappa shape index (κ1) is 12.6. The van der Waals surface area contributed by atoms with Gasteiger partial charge in [0.15, 0.2) is 4.96 Å². The predicted molar refractivity (Wildman–Crippen MR) is 71.9 cm³/mol. The van der Waals surface area contributed by atoms with E-state index < -0.39 is 5.97 Å². The number of rotatable bonds is 3. The summed E-state index contributed by atoms with van der Waals surface area (Å²) < 4.78 is 11.6. The maximum absolute atomic E-state index is 11.8. The van der Waals surface area contributed by atoms with Crippen molar-refractivity contribution < 1.29 is 13.9 Å². The Hall–Kier alpha value is -2.41. The first-order chi connectivity index (χ1) is 9.65. The van der Waals surface area contributed by atoms with Gasteiger partial charge in [-0.05, 0) is 13.0 Å². The molecular weight excluding hydrogens is 280 g/mol. The molecule has 0 unspecified atom stereocenters. The number of nitrogens with zero attached hydrogens (tertiary/aromatic N) is 2. The van der Waals surface area contributed by atoms with Crippen LogP contribution in [0.4, 0.5) is 0 Å². The van der Waals surface area contributed by atoms with Gasteiger partial charge < -0.3 is 9.15 Å². The van der Waals surface area contributed by atoms with Crippen LogP contribution in [-0.2, 0) is 11.3 Å². The molecule has 3 heterocycles. The minimum Gasteiger partial charge on any atom is -0.457 e. The van der Waals surface area contributed by atoms with Gasteiger partial charge in [0.2, 0.25) is 5.76 Å². The van der Waals surface area contributed by atoms with Gasteiger partial charge in [0.25, 0.3) is 5.56 Å². The Bertz CT molecular complexity index is 830. The van der Waals surface area contributed by atoms with E-state index in [-0.39, 0.29) is 17.9 Å². The maximum atomic E-state index is 11.8. The van der Waals surface area contributed by atoms with Crippen LogP contribution in [0.15, 0.2) is 39.2 Å². The van der Waals surface area contributed by atoms with Crippen molar-refractivity contribution in [1.82, 2.24) is 9.38 Å². The lowest BCUT2D eigenvalue weighted by Gasteiger charge is -2.03. The Morgan fingerprint density at radius 1 is 1.55 bits per heavy atom. The summed E-state index contributed by atoms with van der Waals surface area (Å²) in [4.78, 5) is 28.3. The zero-order chi connectivity index (χ0) is 14.1. The molecule has 0 fully saturated rings. The summed E-state index contributed by atoms with van der Waals surface area (Å²) >= 11 is 1.34. The van der Waals surface area contributed by atoms with Crippen molar-refractivity contribution in [3.05, 3.63) is 57.3 Å². The Morgan fingerprint density at radius 3 is 3.15 bits per heavy atom. The average Bonchev–Trinajstić information content (AvgIpc) is 3.04. The highest BCUT2D eigenvalue weighted by atomic mass is 32.1. The van der Waals surface area contributed by atoms with E-state index in [0.29, 0.717) is 16.2 Å². The van der Waals surface area contributed by atoms with Crippen molar-refractivity contribution in [3.63, 3.8) is 0 Å². The largest absolute Gasteiger partial charge is 0.457 e. The van der Waals surface area contributed by atoms with Crippen LogP contribution in [0.3, 0.4) is 0 Å². The van der Waals surface area contributed by atoms with Crippen LogP contribution in [0.25, 0.3) is 4.96 Å². The molecular formula is C13H10N2O4S. The minimum atomic E-state index is -0.569. The third kappa shape index (κ3) is 2.23. The summed E-state index contributed by atoms with van der Waals surface area (Å²) in [6.07, 6.45) is 3.08. The van der Waals surface area contributed by atoms with E-state index in [9.17, 15) is 9.59 Å². The van der Waals surface area contributed by atoms with Gasteiger partial charge in [-0.3, -0.25) is 9.20 Å². The molecule has 3 aromatic rings. The fourth-order valence-electron chi connectivity index (χ4n) is 1.75. The SMILES string of the molecule is Cc1ccoc1C(=O)OCc1cc(=O)n2ccsc2n1. The molecule has 6 nitrogen and oxygen atoms in total. The van der Waals surface area contributed by atoms with Gasteiger partial charge in [-0.25, -0.2) is 9.78 Å². The molecule has 0 bridgehead atoms. The summed E-state index contributed by atoms with van der Waals surface area (Å²) in [6, 6.07) is 3.03. The Kier molecular flexibility index (Phi) is 3.11. The molecule has 0 aliphatic rings. The normalized spacial score (nSPS) is 10.8. The monoisotopic (exact) mass is 290 g/mol. The van der Waals surface area contributed by atoms with Crippen LogP contribution in [0.1, 0.15) is 21.8 Å². The van der Waals surface area contributed by atoms with Gasteiger partial charge in [0, 0.05) is 23.2 Å². The Balaban J connectivity index is 1.79. The number of ether oxygens (including phenoxy) is 1. The van der Waals surface area contributed by atoms with Gasteiger partial charge in [-0.15, -0.1) is 11.3 Å². The van der Waals surface area contributed by atoms with Crippen molar-refractivity contribution in [2.24, 2.45) is 0 Å². The van der Waals surface area contributed by atoms with Crippen LogP contribution in [0, 0.1) is 6.92 Å². The summed E-state index contributed by atoms with van der Waals surface area (Å²) in [5.41, 5.74) is 0.920. The standard InChI is InChI=1S/C13H10N2O4S/c1-8-2-4-18-11(8)12(17)19-7-9-6-10(16)15-3-5-20-13(15)14-9/h2-6H,7H2,1H3. The molecule has 3 aromatic heterocycles. The zero-order valence-corrected chi connectivity index (χ0v) is 11.3. The molecule has 102 valence electrons. The van der Waals surface area contributed by atoms with Gasteiger partial charge in [0.05, 0.1) is 12.0 Å². The molecule has 0 amide bonds. The number of hydrogen-bond acceptors (Lipinski definition) is 6. The smallest absolute Gasteiger partial charge is 0.374 e. The van der Waals surface area contributed by atoms with Crippen molar-refractivity contribution in [2.45, 2.75) is 13.5 Å². The molecule has 0 aliphatic heterocycles. The lowest BCUT2D eigenvalue weighted by Crippen LogP contribution is -2.14. The molecule has 7 heteroatoms. The van der Waals surface area contributed by atoms with Gasteiger partial charge >= 0.3 is 5.97 Å². The number of carbonyl (C=O) groups excluding carboxylic acids is 1. The first-order valence-electron chi connectivity index (χ1n) is 5.82. The predicted octanol–water partition coefficient (Wildman–Crippen LogP) is 2.01. The number of esters is 1. The summed E-state index contributed by atoms with van der Waals surface area (Å²) in [5.74, 6) is -0.403. The molecule has 0 N–H and O–H groups in total. The van der Waals surface area contributed by atoms with Gasteiger partial charge in [0.1, 0.15) is 6.61 Å². The van der Waals surface area contributed by atoms with E-state index in [1.54, 1.807) is 24.6 Å². The molecule has 0 radical (unpaired) electrons. The van der Waals surface area contributed by atoms with E-state index >= 15 is 0 Å². The number of aromatic nitrogens is 2. The third-order valence-corrected chi connectivity index (χ3v) is 3.51. The number of aryl methyl sites for hydroxylation is 1. The van der Waals surface area contributed by atoms with Crippen LogP contribution in [-0.4, -0.2) is 15.4 Å². The summed E-state index contributed by atoms with van der Waals surface area (Å²) in [6.45, 7) is 1.69. The van der Waals surface area contributed by atoms with Crippen LogP contribution in [0.5, 0.6) is 0 Å². The zero-order valence-electron chi connectivity index (χ0n) is 10.5. The van der Waals surface area contributed by atoms with Crippen molar-refractivity contribution in [3.8, 4) is 0 Å². The lowest BCUT2D eigenvalue weighted by molar-refractivity contribution is 0.0430. The van der Waals surface area contributed by atoms with Crippen molar-refractivity contribution in [1.29, 1.82) is 0 Å². The third-order valence-electron chi connectivity index (χ3n) is 2.75. The number of thiazole rings is 1. The Morgan fingerprint density at radius 2 is 2.40 bits per heavy atom. The fraction of sp³-hybridized carbons (Fsp3) is 0.154. The first-order valence-corrected chi connectivity index (χ1v) is 6.70. The second-order valence-corrected chi connectivity index (χ2v) is 5.02. The average molecular weight is 290 g/mol. The van der Waals surface area contributed by atoms with E-state index in [2.05, 4.69) is 4.98 Å². The van der Waals surface area contributed by atoms with E-state index in [1.807, 2.05) is 0 Å². The topological polar surface area (TPSA) is 73.8 Å². The van der Waals surface area contributed by atoms with Crippen molar-refractivity contribution in [2.75, 3.05) is 0 Å². The number of hydrogen-bond donors (Lipinski definition) is 0. The van der Waals surface area contributed by atoms with Gasteiger partial charge in [-0.1, -0.05) is 0 Å². The van der Waals surface area contributed by atoms with Crippen LogP contribution in [0.2, 0.25) is 0 Å². The van der Waals surface area contributed by atoms with Crippen molar-refractivity contribution >= 4 is 22.3 Å². The molecule has 20 heavy (non-hydrogen) atoms. The molecule has 0 saturated carbocycles. The van der Waals surface area contributed by atoms with Gasteiger partial charge in [-0.2, -0.15) is 0 Å². The highest BCUT2D eigenvalue weighted by Crippen LogP contribution is 2.12. The quantitative estimate of drug-likeness (QED) is 0.690. The minimum absolute atomic E-state index is 0.0669. The highest BCUT2D eigenvalue weighted by Gasteiger charge is 2.15. The molecule has 0 aliphatic carbocycles. The number of fused-ring (bicyclic) bond motifs is 1. The molecule has 0 aromatic carbocycles. The summed E-state index contributed by atoms with van der Waals surface area (Å²) in [7, 11) is 0. The second kappa shape index (κ2) is 4.93.